The highest BCUT2D eigenvalue weighted by molar-refractivity contribution is 7.71. The van der Waals surface area contributed by atoms with E-state index in [-0.39, 0.29) is 10.7 Å². The first kappa shape index (κ1) is 13.5. The van der Waals surface area contributed by atoms with Crippen molar-refractivity contribution in [3.8, 4) is 5.88 Å². The number of aliphatic hydroxyl groups excluding tert-OH is 4. The normalized spacial score (nSPS) is 33.8. The largest absolute Gasteiger partial charge is 0.493 e. The molecule has 6 N–H and O–H groups in total. The molecule has 0 radical (unpaired) electrons. The molecule has 0 unspecified atom stereocenters. The molecule has 1 fully saturated rings. The van der Waals surface area contributed by atoms with Crippen LogP contribution in [0.4, 0.5) is 0 Å². The molecule has 0 amide bonds. The minimum Gasteiger partial charge on any atom is -0.493 e. The third-order valence-corrected chi connectivity index (χ3v) is 3.16. The summed E-state index contributed by atoms with van der Waals surface area (Å²) in [5, 5.41) is 47.1. The highest BCUT2D eigenvalue weighted by Crippen LogP contribution is 2.32. The molecular formula is C9H14N2O6S. The molecule has 1 aromatic rings. The smallest absolute Gasteiger partial charge is 0.207 e. The summed E-state index contributed by atoms with van der Waals surface area (Å²) in [6.45, 7) is -0.606. The van der Waals surface area contributed by atoms with Gasteiger partial charge in [-0.1, -0.05) is 0 Å². The van der Waals surface area contributed by atoms with Gasteiger partial charge in [0, 0.05) is 0 Å². The van der Waals surface area contributed by atoms with Crippen molar-refractivity contribution in [3.05, 3.63) is 11.0 Å². The summed E-state index contributed by atoms with van der Waals surface area (Å²) < 4.78 is 6.60. The van der Waals surface area contributed by atoms with Gasteiger partial charge in [0.15, 0.2) is 11.0 Å². The summed E-state index contributed by atoms with van der Waals surface area (Å²) in [6, 6.07) is 0. The topological polar surface area (TPSA) is 131 Å². The van der Waals surface area contributed by atoms with Crippen LogP contribution in [-0.2, 0) is 4.74 Å². The number of imidazole rings is 1. The summed E-state index contributed by atoms with van der Waals surface area (Å²) in [5.74, 6) is -0.212. The van der Waals surface area contributed by atoms with Gasteiger partial charge in [0.1, 0.15) is 24.4 Å². The maximum absolute atomic E-state index is 9.83. The summed E-state index contributed by atoms with van der Waals surface area (Å²) in [7, 11) is 0. The van der Waals surface area contributed by atoms with Crippen molar-refractivity contribution in [2.75, 3.05) is 6.61 Å². The summed E-state index contributed by atoms with van der Waals surface area (Å²) >= 11 is 4.90. The van der Waals surface area contributed by atoms with E-state index < -0.39 is 37.3 Å². The standard InChI is InChI=1S/C9H14N2O6S/c12-2-3(13)7-5(15)6(16)8(17-7)11-1-4(14)10-9(11)18/h1,3,5-8,12-16H,2H2,(H,10,18)/t3-,5-,6-,7+,8-/m1/s1. The van der Waals surface area contributed by atoms with E-state index in [0.717, 1.165) is 0 Å². The van der Waals surface area contributed by atoms with Crippen molar-refractivity contribution in [1.82, 2.24) is 9.55 Å². The van der Waals surface area contributed by atoms with Crippen LogP contribution in [0.3, 0.4) is 0 Å². The molecule has 1 saturated heterocycles. The first-order valence-corrected chi connectivity index (χ1v) is 5.67. The number of ether oxygens (including phenoxy) is 1. The van der Waals surface area contributed by atoms with Gasteiger partial charge in [-0.15, -0.1) is 0 Å². The van der Waals surface area contributed by atoms with E-state index in [9.17, 15) is 20.4 Å². The van der Waals surface area contributed by atoms with Crippen molar-refractivity contribution in [1.29, 1.82) is 0 Å². The molecule has 1 aromatic heterocycles. The average molecular weight is 278 g/mol. The van der Waals surface area contributed by atoms with Crippen LogP contribution in [0.25, 0.3) is 0 Å². The molecule has 8 nitrogen and oxygen atoms in total. The van der Waals surface area contributed by atoms with E-state index in [1.54, 1.807) is 0 Å². The van der Waals surface area contributed by atoms with Crippen LogP contribution in [0.1, 0.15) is 6.23 Å². The Bertz CT molecular complexity index is 474. The molecule has 0 saturated carbocycles. The second kappa shape index (κ2) is 4.96. The number of nitrogens with one attached hydrogen (secondary N) is 1. The van der Waals surface area contributed by atoms with Gasteiger partial charge >= 0.3 is 0 Å². The number of H-pyrrole nitrogens is 1. The van der Waals surface area contributed by atoms with Gasteiger partial charge in [0.05, 0.1) is 12.8 Å². The number of aliphatic hydroxyl groups is 4. The molecule has 1 aliphatic rings. The number of nitrogens with zero attached hydrogens (tertiary/aromatic N) is 1. The Hall–Kier alpha value is -0.970. The van der Waals surface area contributed by atoms with Gasteiger partial charge < -0.3 is 35.3 Å². The van der Waals surface area contributed by atoms with Crippen molar-refractivity contribution in [3.63, 3.8) is 0 Å². The second-order valence-corrected chi connectivity index (χ2v) is 4.46. The van der Waals surface area contributed by atoms with Crippen molar-refractivity contribution < 1.29 is 30.3 Å². The van der Waals surface area contributed by atoms with Crippen LogP contribution in [0, 0.1) is 4.77 Å². The van der Waals surface area contributed by atoms with E-state index in [1.807, 2.05) is 0 Å². The van der Waals surface area contributed by atoms with Crippen molar-refractivity contribution >= 4 is 12.2 Å². The molecule has 2 heterocycles. The lowest BCUT2D eigenvalue weighted by Crippen LogP contribution is -2.40. The predicted molar refractivity (Wildman–Crippen MR) is 60.3 cm³/mol. The van der Waals surface area contributed by atoms with Crippen molar-refractivity contribution in [2.45, 2.75) is 30.6 Å². The maximum Gasteiger partial charge on any atom is 0.207 e. The first-order chi connectivity index (χ1) is 8.45. The Morgan fingerprint density at radius 3 is 2.61 bits per heavy atom. The second-order valence-electron chi connectivity index (χ2n) is 4.07. The van der Waals surface area contributed by atoms with E-state index in [4.69, 9.17) is 22.1 Å². The fourth-order valence-corrected chi connectivity index (χ4v) is 2.18. The molecule has 5 atom stereocenters. The van der Waals surface area contributed by atoms with E-state index >= 15 is 0 Å². The molecule has 9 heteroatoms. The third kappa shape index (κ3) is 2.16. The number of hydrogen-bond acceptors (Lipinski definition) is 7. The number of aromatic hydroxyl groups is 1. The van der Waals surface area contributed by atoms with E-state index in [1.165, 1.54) is 10.8 Å². The Morgan fingerprint density at radius 1 is 1.44 bits per heavy atom. The monoisotopic (exact) mass is 278 g/mol. The molecule has 0 bridgehead atoms. The lowest BCUT2D eigenvalue weighted by molar-refractivity contribution is -0.0974. The average Bonchev–Trinajstić information content (AvgIpc) is 2.80. The Balaban J connectivity index is 2.26. The van der Waals surface area contributed by atoms with Crippen LogP contribution in [-0.4, -0.2) is 66.1 Å². The molecule has 102 valence electrons. The number of aromatic amines is 1. The lowest BCUT2D eigenvalue weighted by atomic mass is 10.1. The number of aromatic nitrogens is 2. The van der Waals surface area contributed by atoms with Gasteiger partial charge in [-0.25, -0.2) is 0 Å². The van der Waals surface area contributed by atoms with Crippen LogP contribution < -0.4 is 0 Å². The molecule has 0 spiro atoms. The summed E-state index contributed by atoms with van der Waals surface area (Å²) in [6.07, 6.45) is -4.99. The van der Waals surface area contributed by atoms with Gasteiger partial charge in [-0.05, 0) is 12.2 Å². The summed E-state index contributed by atoms with van der Waals surface area (Å²) in [4.78, 5) is 2.43. The third-order valence-electron chi connectivity index (χ3n) is 2.85. The molecule has 1 aliphatic heterocycles. The SMILES string of the molecule is OC[C@@H](O)[C@@H]1O[C@@H](n2cc(O)[nH]c2=S)[C@H](O)[C@H]1O. The quantitative estimate of drug-likeness (QED) is 0.360. The van der Waals surface area contributed by atoms with E-state index in [0.29, 0.717) is 0 Å². The van der Waals surface area contributed by atoms with E-state index in [2.05, 4.69) is 4.98 Å². The van der Waals surface area contributed by atoms with Gasteiger partial charge in [-0.3, -0.25) is 4.57 Å². The number of hydrogen-bond donors (Lipinski definition) is 6. The van der Waals surface area contributed by atoms with Crippen LogP contribution in [0.2, 0.25) is 0 Å². The van der Waals surface area contributed by atoms with Crippen LogP contribution in [0.15, 0.2) is 6.20 Å². The Kier molecular flexibility index (Phi) is 3.71. The maximum atomic E-state index is 9.83. The minimum atomic E-state index is -1.36. The molecule has 2 rings (SSSR count). The minimum absolute atomic E-state index is 0.0999. The predicted octanol–water partition coefficient (Wildman–Crippen LogP) is -1.78. The fourth-order valence-electron chi connectivity index (χ4n) is 1.92. The zero-order chi connectivity index (χ0) is 13.4. The fraction of sp³-hybridized carbons (Fsp3) is 0.667. The van der Waals surface area contributed by atoms with Gasteiger partial charge in [0.25, 0.3) is 0 Å². The van der Waals surface area contributed by atoms with Gasteiger partial charge in [-0.2, -0.15) is 0 Å². The molecule has 18 heavy (non-hydrogen) atoms. The number of rotatable bonds is 3. The van der Waals surface area contributed by atoms with Crippen molar-refractivity contribution in [2.24, 2.45) is 0 Å². The zero-order valence-corrected chi connectivity index (χ0v) is 9.99. The van der Waals surface area contributed by atoms with Crippen LogP contribution in [0.5, 0.6) is 5.88 Å². The Morgan fingerprint density at radius 2 is 2.11 bits per heavy atom. The highest BCUT2D eigenvalue weighted by Gasteiger charge is 2.46. The highest BCUT2D eigenvalue weighted by atomic mass is 32.1. The lowest BCUT2D eigenvalue weighted by Gasteiger charge is -2.18. The first-order valence-electron chi connectivity index (χ1n) is 5.26. The molecule has 0 aliphatic carbocycles. The molecule has 0 aromatic carbocycles. The Labute approximate surface area is 107 Å². The zero-order valence-electron chi connectivity index (χ0n) is 9.17. The van der Waals surface area contributed by atoms with Crippen LogP contribution >= 0.6 is 12.2 Å². The van der Waals surface area contributed by atoms with Gasteiger partial charge in [0.2, 0.25) is 5.88 Å². The summed E-state index contributed by atoms with van der Waals surface area (Å²) in [5.41, 5.74) is 0. The molecular weight excluding hydrogens is 264 g/mol.